The van der Waals surface area contributed by atoms with E-state index >= 15 is 0 Å². The molecule has 0 saturated heterocycles. The van der Waals surface area contributed by atoms with Gasteiger partial charge in [-0.2, -0.15) is 0 Å². The Balaban J connectivity index is 3.17. The molecule has 0 amide bonds. The van der Waals surface area contributed by atoms with E-state index in [0.29, 0.717) is 31.0 Å². The van der Waals surface area contributed by atoms with Crippen LogP contribution < -0.4 is 10.2 Å². The van der Waals surface area contributed by atoms with Gasteiger partial charge >= 0.3 is 5.69 Å². The molecule has 0 aliphatic carbocycles. The molecule has 112 valence electrons. The lowest BCUT2D eigenvalue weighted by Crippen LogP contribution is -2.28. The lowest BCUT2D eigenvalue weighted by Gasteiger charge is -2.24. The van der Waals surface area contributed by atoms with Crippen LogP contribution in [-0.4, -0.2) is 36.3 Å². The summed E-state index contributed by atoms with van der Waals surface area (Å²) in [6.45, 7) is 5.68. The van der Waals surface area contributed by atoms with Crippen LogP contribution in [0.1, 0.15) is 26.7 Å². The smallest absolute Gasteiger partial charge is 0.315 e. The number of para-hydroxylation sites is 1. The Morgan fingerprint density at radius 1 is 1.35 bits per heavy atom. The summed E-state index contributed by atoms with van der Waals surface area (Å²) in [5, 5.41) is 23.6. The molecule has 1 rings (SSSR count). The van der Waals surface area contributed by atoms with Crippen LogP contribution in [0.15, 0.2) is 18.2 Å². The van der Waals surface area contributed by atoms with Crippen LogP contribution in [0.4, 0.5) is 17.1 Å². The van der Waals surface area contributed by atoms with Crippen molar-refractivity contribution in [1.29, 1.82) is 0 Å². The molecule has 0 fully saturated rings. The molecule has 1 aromatic rings. The maximum atomic E-state index is 11.4. The minimum atomic E-state index is -0.357. The van der Waals surface area contributed by atoms with Crippen LogP contribution in [0.5, 0.6) is 0 Å². The number of unbranched alkanes of at least 4 members (excludes halogenated alkanes) is 1. The zero-order valence-electron chi connectivity index (χ0n) is 12.1. The van der Waals surface area contributed by atoms with E-state index in [9.17, 15) is 15.2 Å². The predicted octanol–water partition coefficient (Wildman–Crippen LogP) is 2.63. The Bertz CT molecular complexity index is 438. The van der Waals surface area contributed by atoms with Crippen molar-refractivity contribution in [3.63, 3.8) is 0 Å². The molecule has 0 unspecified atom stereocenters. The van der Waals surface area contributed by atoms with E-state index in [1.54, 1.807) is 18.2 Å². The highest BCUT2D eigenvalue weighted by Crippen LogP contribution is 2.35. The molecule has 0 aliphatic rings. The summed E-state index contributed by atoms with van der Waals surface area (Å²) in [6, 6.07) is 5.25. The van der Waals surface area contributed by atoms with Crippen molar-refractivity contribution in [2.24, 2.45) is 0 Å². The van der Waals surface area contributed by atoms with E-state index in [1.807, 2.05) is 11.8 Å². The monoisotopic (exact) mass is 281 g/mol. The summed E-state index contributed by atoms with van der Waals surface area (Å²) < 4.78 is 0. The highest BCUT2D eigenvalue weighted by molar-refractivity contribution is 5.77. The molecule has 0 atom stereocenters. The van der Waals surface area contributed by atoms with Gasteiger partial charge in [0.15, 0.2) is 0 Å². The minimum Gasteiger partial charge on any atom is -0.395 e. The van der Waals surface area contributed by atoms with Crippen molar-refractivity contribution < 1.29 is 10.0 Å². The number of nitro benzene ring substituents is 1. The number of hydrogen-bond donors (Lipinski definition) is 2. The largest absolute Gasteiger partial charge is 0.395 e. The first kappa shape index (κ1) is 16.2. The van der Waals surface area contributed by atoms with E-state index in [1.165, 1.54) is 0 Å². The van der Waals surface area contributed by atoms with Crippen LogP contribution in [-0.2, 0) is 0 Å². The fourth-order valence-corrected chi connectivity index (χ4v) is 2.13. The molecular formula is C14H23N3O3. The van der Waals surface area contributed by atoms with Gasteiger partial charge in [0, 0.05) is 19.6 Å². The molecule has 6 heteroatoms. The molecule has 0 aliphatic heterocycles. The Hall–Kier alpha value is -1.82. The van der Waals surface area contributed by atoms with Gasteiger partial charge in [-0.1, -0.05) is 19.4 Å². The summed E-state index contributed by atoms with van der Waals surface area (Å²) in [5.41, 5.74) is 1.17. The fourth-order valence-electron chi connectivity index (χ4n) is 2.13. The van der Waals surface area contributed by atoms with E-state index in [0.717, 1.165) is 12.8 Å². The second kappa shape index (κ2) is 8.37. The van der Waals surface area contributed by atoms with Crippen molar-refractivity contribution in [1.82, 2.24) is 0 Å². The van der Waals surface area contributed by atoms with E-state index in [4.69, 9.17) is 0 Å². The molecule has 0 aromatic heterocycles. The number of benzene rings is 1. The number of nitro groups is 1. The highest BCUT2D eigenvalue weighted by Gasteiger charge is 2.23. The summed E-state index contributed by atoms with van der Waals surface area (Å²) in [6.07, 6.45) is 1.94. The lowest BCUT2D eigenvalue weighted by atomic mass is 10.2. The van der Waals surface area contributed by atoms with Crippen LogP contribution >= 0.6 is 0 Å². The van der Waals surface area contributed by atoms with E-state index in [-0.39, 0.29) is 17.2 Å². The molecule has 0 spiro atoms. The average Bonchev–Trinajstić information content (AvgIpc) is 2.43. The Morgan fingerprint density at radius 3 is 2.65 bits per heavy atom. The first-order chi connectivity index (χ1) is 9.65. The van der Waals surface area contributed by atoms with Crippen molar-refractivity contribution in [2.45, 2.75) is 26.7 Å². The molecule has 1 aromatic carbocycles. The quantitative estimate of drug-likeness (QED) is 0.537. The average molecular weight is 281 g/mol. The van der Waals surface area contributed by atoms with Gasteiger partial charge < -0.3 is 15.3 Å². The van der Waals surface area contributed by atoms with Gasteiger partial charge in [-0.15, -0.1) is 0 Å². The molecule has 0 radical (unpaired) electrons. The Labute approximate surface area is 119 Å². The molecular weight excluding hydrogens is 258 g/mol. The number of nitrogens with one attached hydrogen (secondary N) is 1. The second-order valence-electron chi connectivity index (χ2n) is 4.52. The van der Waals surface area contributed by atoms with Gasteiger partial charge in [0.1, 0.15) is 11.4 Å². The third-order valence-electron chi connectivity index (χ3n) is 3.06. The number of nitrogens with zero attached hydrogens (tertiary/aromatic N) is 2. The fraction of sp³-hybridized carbons (Fsp3) is 0.571. The van der Waals surface area contributed by atoms with E-state index in [2.05, 4.69) is 12.2 Å². The minimum absolute atomic E-state index is 0.0215. The van der Waals surface area contributed by atoms with Gasteiger partial charge in [-0.3, -0.25) is 10.1 Å². The number of rotatable bonds is 9. The Morgan fingerprint density at radius 2 is 2.10 bits per heavy atom. The SMILES string of the molecule is CCCCN(CCO)c1cccc(NCC)c1[N+](=O)[O-]. The zero-order valence-corrected chi connectivity index (χ0v) is 12.1. The molecule has 0 saturated carbocycles. The molecule has 0 heterocycles. The maximum absolute atomic E-state index is 11.4. The summed E-state index contributed by atoms with van der Waals surface area (Å²) in [4.78, 5) is 12.9. The molecule has 20 heavy (non-hydrogen) atoms. The maximum Gasteiger partial charge on any atom is 0.315 e. The molecule has 0 bridgehead atoms. The summed E-state index contributed by atoms with van der Waals surface area (Å²) >= 11 is 0. The topological polar surface area (TPSA) is 78.6 Å². The van der Waals surface area contributed by atoms with Crippen LogP contribution in [0.3, 0.4) is 0 Å². The first-order valence-corrected chi connectivity index (χ1v) is 7.02. The van der Waals surface area contributed by atoms with Crippen LogP contribution in [0.25, 0.3) is 0 Å². The van der Waals surface area contributed by atoms with Gasteiger partial charge in [0.05, 0.1) is 11.5 Å². The van der Waals surface area contributed by atoms with Gasteiger partial charge in [-0.05, 0) is 25.5 Å². The number of aliphatic hydroxyl groups is 1. The Kier molecular flexibility index (Phi) is 6.79. The van der Waals surface area contributed by atoms with Gasteiger partial charge in [0.25, 0.3) is 0 Å². The highest BCUT2D eigenvalue weighted by atomic mass is 16.6. The number of hydrogen-bond acceptors (Lipinski definition) is 5. The van der Waals surface area contributed by atoms with Crippen LogP contribution in [0.2, 0.25) is 0 Å². The third kappa shape index (κ3) is 4.09. The molecule has 6 nitrogen and oxygen atoms in total. The number of anilines is 2. The van der Waals surface area contributed by atoms with Crippen molar-refractivity contribution in [2.75, 3.05) is 36.5 Å². The second-order valence-corrected chi connectivity index (χ2v) is 4.52. The van der Waals surface area contributed by atoms with Crippen molar-refractivity contribution in [3.8, 4) is 0 Å². The normalized spacial score (nSPS) is 10.3. The predicted molar refractivity (Wildman–Crippen MR) is 81.5 cm³/mol. The lowest BCUT2D eigenvalue weighted by molar-refractivity contribution is -0.383. The standard InChI is InChI=1S/C14H23N3O3/c1-3-5-9-16(10-11-18)13-8-6-7-12(15-4-2)14(13)17(19)20/h6-8,15,18H,3-5,9-11H2,1-2H3. The first-order valence-electron chi connectivity index (χ1n) is 7.02. The van der Waals surface area contributed by atoms with Crippen LogP contribution in [0, 0.1) is 10.1 Å². The third-order valence-corrected chi connectivity index (χ3v) is 3.06. The van der Waals surface area contributed by atoms with Gasteiger partial charge in [0.2, 0.25) is 0 Å². The van der Waals surface area contributed by atoms with Crippen molar-refractivity contribution in [3.05, 3.63) is 28.3 Å². The van der Waals surface area contributed by atoms with Gasteiger partial charge in [-0.25, -0.2) is 0 Å². The summed E-state index contributed by atoms with van der Waals surface area (Å²) in [5.74, 6) is 0. The van der Waals surface area contributed by atoms with Crippen molar-refractivity contribution >= 4 is 17.1 Å². The summed E-state index contributed by atoms with van der Waals surface area (Å²) in [7, 11) is 0. The number of aliphatic hydroxyl groups excluding tert-OH is 1. The van der Waals surface area contributed by atoms with E-state index < -0.39 is 0 Å². The molecule has 2 N–H and O–H groups in total. The zero-order chi connectivity index (χ0) is 15.0.